The molecule has 0 radical (unpaired) electrons. The van der Waals surface area contributed by atoms with Crippen molar-refractivity contribution < 1.29 is 4.39 Å². The lowest BCUT2D eigenvalue weighted by atomic mass is 10.0. The zero-order chi connectivity index (χ0) is 13.4. The lowest BCUT2D eigenvalue weighted by Gasteiger charge is -2.12. The predicted octanol–water partition coefficient (Wildman–Crippen LogP) is 5.69. The molecule has 0 aliphatic rings. The molecule has 0 aliphatic heterocycles. The van der Waals surface area contributed by atoms with Crippen LogP contribution in [0, 0.1) is 5.82 Å². The van der Waals surface area contributed by atoms with Crippen LogP contribution >= 0.6 is 46.4 Å². The molecule has 2 N–H and O–H groups in total. The molecular formula is C12H6Cl4FN. The van der Waals surface area contributed by atoms with Crippen LogP contribution in [-0.2, 0) is 0 Å². The van der Waals surface area contributed by atoms with Crippen LogP contribution < -0.4 is 5.73 Å². The Morgan fingerprint density at radius 3 is 2.00 bits per heavy atom. The highest BCUT2D eigenvalue weighted by Gasteiger charge is 2.18. The van der Waals surface area contributed by atoms with Crippen molar-refractivity contribution in [3.63, 3.8) is 0 Å². The zero-order valence-electron chi connectivity index (χ0n) is 8.78. The molecule has 0 unspecified atom stereocenters. The van der Waals surface area contributed by atoms with E-state index in [1.807, 2.05) is 0 Å². The highest BCUT2D eigenvalue weighted by molar-refractivity contribution is 6.50. The Morgan fingerprint density at radius 2 is 1.44 bits per heavy atom. The van der Waals surface area contributed by atoms with Crippen LogP contribution in [-0.4, -0.2) is 0 Å². The van der Waals surface area contributed by atoms with E-state index in [0.29, 0.717) is 5.69 Å². The van der Waals surface area contributed by atoms with Crippen molar-refractivity contribution in [1.29, 1.82) is 0 Å². The molecule has 0 saturated carbocycles. The van der Waals surface area contributed by atoms with Crippen molar-refractivity contribution in [3.8, 4) is 11.1 Å². The van der Waals surface area contributed by atoms with Crippen molar-refractivity contribution in [2.75, 3.05) is 5.73 Å². The fraction of sp³-hybridized carbons (Fsp3) is 0. The van der Waals surface area contributed by atoms with Crippen LogP contribution in [0.3, 0.4) is 0 Å². The molecule has 0 fully saturated rings. The number of nitrogen functional groups attached to an aromatic ring is 1. The van der Waals surface area contributed by atoms with Crippen molar-refractivity contribution >= 4 is 52.1 Å². The van der Waals surface area contributed by atoms with E-state index in [-0.39, 0.29) is 31.2 Å². The third kappa shape index (κ3) is 2.39. The molecular weight excluding hydrogens is 319 g/mol. The average molecular weight is 325 g/mol. The minimum atomic E-state index is -0.508. The second kappa shape index (κ2) is 5.14. The van der Waals surface area contributed by atoms with Gasteiger partial charge in [-0.15, -0.1) is 0 Å². The third-order valence-corrected chi connectivity index (χ3v) is 3.95. The molecule has 2 rings (SSSR count). The quantitative estimate of drug-likeness (QED) is 0.529. The molecule has 2 aromatic rings. The SMILES string of the molecule is Nc1ccc(F)c(-c2c(Cl)c(Cl)cc(Cl)c2Cl)c1. The first-order valence-corrected chi connectivity index (χ1v) is 6.31. The third-order valence-electron chi connectivity index (χ3n) is 2.37. The summed E-state index contributed by atoms with van der Waals surface area (Å²) < 4.78 is 13.8. The van der Waals surface area contributed by atoms with Gasteiger partial charge in [0.25, 0.3) is 0 Å². The molecule has 6 heteroatoms. The maximum absolute atomic E-state index is 13.8. The largest absolute Gasteiger partial charge is 0.399 e. The van der Waals surface area contributed by atoms with E-state index in [2.05, 4.69) is 0 Å². The molecule has 1 nitrogen and oxygen atoms in total. The molecule has 0 atom stereocenters. The first-order valence-electron chi connectivity index (χ1n) is 4.80. The van der Waals surface area contributed by atoms with Gasteiger partial charge in [-0.2, -0.15) is 0 Å². The highest BCUT2D eigenvalue weighted by Crippen LogP contribution is 2.44. The smallest absolute Gasteiger partial charge is 0.131 e. The Kier molecular flexibility index (Phi) is 3.93. The summed E-state index contributed by atoms with van der Waals surface area (Å²) in [4.78, 5) is 0. The fourth-order valence-electron chi connectivity index (χ4n) is 1.54. The monoisotopic (exact) mass is 323 g/mol. The maximum Gasteiger partial charge on any atom is 0.131 e. The van der Waals surface area contributed by atoms with E-state index in [4.69, 9.17) is 52.1 Å². The highest BCUT2D eigenvalue weighted by atomic mass is 35.5. The molecule has 0 saturated heterocycles. The van der Waals surface area contributed by atoms with E-state index < -0.39 is 5.82 Å². The first-order chi connectivity index (χ1) is 8.41. The van der Waals surface area contributed by atoms with Crippen LogP contribution in [0.2, 0.25) is 20.1 Å². The van der Waals surface area contributed by atoms with Crippen LogP contribution in [0.1, 0.15) is 0 Å². The van der Waals surface area contributed by atoms with Crippen molar-refractivity contribution in [3.05, 3.63) is 50.2 Å². The maximum atomic E-state index is 13.8. The van der Waals surface area contributed by atoms with Gasteiger partial charge >= 0.3 is 0 Å². The average Bonchev–Trinajstić information content (AvgIpc) is 2.31. The molecule has 94 valence electrons. The molecule has 0 amide bonds. The van der Waals surface area contributed by atoms with Crippen LogP contribution in [0.4, 0.5) is 10.1 Å². The normalized spacial score (nSPS) is 10.7. The zero-order valence-corrected chi connectivity index (χ0v) is 11.8. The molecule has 0 aliphatic carbocycles. The summed E-state index contributed by atoms with van der Waals surface area (Å²) in [6.07, 6.45) is 0. The van der Waals surface area contributed by atoms with Gasteiger partial charge in [-0.25, -0.2) is 4.39 Å². The molecule has 0 bridgehead atoms. The van der Waals surface area contributed by atoms with E-state index in [1.54, 1.807) is 0 Å². The Morgan fingerprint density at radius 1 is 0.889 bits per heavy atom. The van der Waals surface area contributed by atoms with Crippen molar-refractivity contribution in [2.24, 2.45) is 0 Å². The number of halogens is 5. The number of anilines is 1. The summed E-state index contributed by atoms with van der Waals surface area (Å²) >= 11 is 23.9. The summed E-state index contributed by atoms with van der Waals surface area (Å²) in [5, 5.41) is 0.664. The van der Waals surface area contributed by atoms with E-state index >= 15 is 0 Å². The number of benzene rings is 2. The summed E-state index contributed by atoms with van der Waals surface area (Å²) in [5.41, 5.74) is 6.40. The number of hydrogen-bond acceptors (Lipinski definition) is 1. The summed E-state index contributed by atoms with van der Waals surface area (Å²) in [6.45, 7) is 0. The van der Waals surface area contributed by atoms with Crippen molar-refractivity contribution in [1.82, 2.24) is 0 Å². The summed E-state index contributed by atoms with van der Waals surface area (Å²) in [7, 11) is 0. The Labute approximate surface area is 123 Å². The lowest BCUT2D eigenvalue weighted by molar-refractivity contribution is 0.631. The standard InChI is InChI=1S/C12H6Cl4FN/c13-7-4-8(14)12(16)10(11(7)15)6-3-5(18)1-2-9(6)17/h1-4H,18H2. The Hall–Kier alpha value is -0.670. The Bertz CT molecular complexity index is 602. The van der Waals surface area contributed by atoms with Crippen LogP contribution in [0.15, 0.2) is 24.3 Å². The van der Waals surface area contributed by atoms with Gasteiger partial charge in [0.05, 0.1) is 20.1 Å². The van der Waals surface area contributed by atoms with Gasteiger partial charge in [-0.1, -0.05) is 46.4 Å². The Balaban J connectivity index is 2.82. The number of rotatable bonds is 1. The minimum Gasteiger partial charge on any atom is -0.399 e. The van der Waals surface area contributed by atoms with Gasteiger partial charge in [0, 0.05) is 16.8 Å². The van der Waals surface area contributed by atoms with Gasteiger partial charge in [-0.3, -0.25) is 0 Å². The van der Waals surface area contributed by atoms with Crippen LogP contribution in [0.25, 0.3) is 11.1 Å². The lowest BCUT2D eigenvalue weighted by Crippen LogP contribution is -1.92. The summed E-state index contributed by atoms with van der Waals surface area (Å²) in [5.74, 6) is -0.508. The van der Waals surface area contributed by atoms with E-state index in [1.165, 1.54) is 24.3 Å². The topological polar surface area (TPSA) is 26.0 Å². The number of nitrogens with two attached hydrogens (primary N) is 1. The van der Waals surface area contributed by atoms with Crippen molar-refractivity contribution in [2.45, 2.75) is 0 Å². The summed E-state index contributed by atoms with van der Waals surface area (Å²) in [6, 6.07) is 5.50. The van der Waals surface area contributed by atoms with Gasteiger partial charge in [-0.05, 0) is 24.3 Å². The predicted molar refractivity (Wildman–Crippen MR) is 76.3 cm³/mol. The van der Waals surface area contributed by atoms with Gasteiger partial charge in [0.1, 0.15) is 5.82 Å². The molecule has 0 heterocycles. The van der Waals surface area contributed by atoms with E-state index in [9.17, 15) is 4.39 Å². The van der Waals surface area contributed by atoms with Gasteiger partial charge in [0.2, 0.25) is 0 Å². The molecule has 2 aromatic carbocycles. The second-order valence-electron chi connectivity index (χ2n) is 3.58. The molecule has 18 heavy (non-hydrogen) atoms. The fourth-order valence-corrected chi connectivity index (χ4v) is 2.56. The number of hydrogen-bond donors (Lipinski definition) is 1. The molecule has 0 spiro atoms. The van der Waals surface area contributed by atoms with Crippen LogP contribution in [0.5, 0.6) is 0 Å². The van der Waals surface area contributed by atoms with E-state index in [0.717, 1.165) is 0 Å². The first kappa shape index (κ1) is 13.8. The van der Waals surface area contributed by atoms with Gasteiger partial charge in [0.15, 0.2) is 0 Å². The second-order valence-corrected chi connectivity index (χ2v) is 5.15. The molecule has 0 aromatic heterocycles. The van der Waals surface area contributed by atoms with Gasteiger partial charge < -0.3 is 5.73 Å². The minimum absolute atomic E-state index is 0.135.